The van der Waals surface area contributed by atoms with E-state index in [-0.39, 0.29) is 6.10 Å². The van der Waals surface area contributed by atoms with Gasteiger partial charge >= 0.3 is 0 Å². The van der Waals surface area contributed by atoms with Gasteiger partial charge in [0.15, 0.2) is 0 Å². The molecular weight excluding hydrogens is 184 g/mol. The molecule has 2 unspecified atom stereocenters. The lowest BCUT2D eigenvalue weighted by Gasteiger charge is -2.25. The Morgan fingerprint density at radius 2 is 2.46 bits per heavy atom. The first-order valence-corrected chi connectivity index (χ1v) is 5.24. The quantitative estimate of drug-likeness (QED) is 0.652. The molecule has 13 heavy (non-hydrogen) atoms. The molecule has 76 valence electrons. The van der Waals surface area contributed by atoms with Crippen LogP contribution in [-0.2, 0) is 0 Å². The van der Waals surface area contributed by atoms with Crippen molar-refractivity contribution in [3.63, 3.8) is 0 Å². The number of thiocarbonyl (C=S) groups is 1. The molecule has 0 aromatic heterocycles. The van der Waals surface area contributed by atoms with Crippen molar-refractivity contribution >= 4 is 17.2 Å². The van der Waals surface area contributed by atoms with Crippen LogP contribution in [0.15, 0.2) is 0 Å². The number of likely N-dealkylation sites (tertiary alicyclic amines) is 1. The number of hydrogen-bond donors (Lipinski definition) is 2. The van der Waals surface area contributed by atoms with E-state index >= 15 is 0 Å². The van der Waals surface area contributed by atoms with E-state index in [0.29, 0.717) is 11.0 Å². The maximum atomic E-state index is 9.37. The van der Waals surface area contributed by atoms with Crippen molar-refractivity contribution in [1.29, 1.82) is 0 Å². The first kappa shape index (κ1) is 10.9. The fourth-order valence-corrected chi connectivity index (χ4v) is 2.06. The first-order valence-electron chi connectivity index (χ1n) is 4.84. The fourth-order valence-electron chi connectivity index (χ4n) is 1.86. The zero-order chi connectivity index (χ0) is 9.84. The molecule has 3 nitrogen and oxygen atoms in total. The summed E-state index contributed by atoms with van der Waals surface area (Å²) >= 11 is 4.89. The van der Waals surface area contributed by atoms with E-state index in [2.05, 4.69) is 11.8 Å². The Morgan fingerprint density at radius 3 is 2.85 bits per heavy atom. The minimum absolute atomic E-state index is 0.152. The zero-order valence-electron chi connectivity index (χ0n) is 8.07. The summed E-state index contributed by atoms with van der Waals surface area (Å²) in [6.45, 7) is 3.89. The summed E-state index contributed by atoms with van der Waals surface area (Å²) in [6, 6.07) is 0.426. The Balaban J connectivity index is 2.42. The van der Waals surface area contributed by atoms with Crippen LogP contribution in [0.3, 0.4) is 0 Å². The van der Waals surface area contributed by atoms with Gasteiger partial charge in [-0.1, -0.05) is 19.1 Å². The van der Waals surface area contributed by atoms with E-state index in [1.165, 1.54) is 0 Å². The van der Waals surface area contributed by atoms with Gasteiger partial charge in [-0.2, -0.15) is 0 Å². The second-order valence-corrected chi connectivity index (χ2v) is 4.19. The van der Waals surface area contributed by atoms with Crippen molar-refractivity contribution in [3.05, 3.63) is 0 Å². The molecule has 0 saturated carbocycles. The molecule has 1 rings (SSSR count). The van der Waals surface area contributed by atoms with Gasteiger partial charge in [0.2, 0.25) is 0 Å². The lowest BCUT2D eigenvalue weighted by Crippen LogP contribution is -2.36. The van der Waals surface area contributed by atoms with Crippen molar-refractivity contribution in [1.82, 2.24) is 4.90 Å². The summed E-state index contributed by atoms with van der Waals surface area (Å²) in [4.78, 5) is 2.86. The highest BCUT2D eigenvalue weighted by atomic mass is 32.1. The maximum Gasteiger partial charge on any atom is 0.0743 e. The van der Waals surface area contributed by atoms with E-state index in [1.54, 1.807) is 0 Å². The van der Waals surface area contributed by atoms with Crippen molar-refractivity contribution in [3.8, 4) is 0 Å². The van der Waals surface area contributed by atoms with Crippen LogP contribution in [0.2, 0.25) is 0 Å². The maximum absolute atomic E-state index is 9.37. The van der Waals surface area contributed by atoms with E-state index < -0.39 is 0 Å². The van der Waals surface area contributed by atoms with Gasteiger partial charge in [0.25, 0.3) is 0 Å². The van der Waals surface area contributed by atoms with Crippen molar-refractivity contribution in [2.75, 3.05) is 13.1 Å². The van der Waals surface area contributed by atoms with Gasteiger partial charge in [-0.15, -0.1) is 0 Å². The van der Waals surface area contributed by atoms with E-state index in [0.717, 1.165) is 32.4 Å². The number of β-amino-alcohol motifs (C(OH)–C–C–N with tert-alkyl or cyclic N) is 1. The fraction of sp³-hybridized carbons (Fsp3) is 0.889. The zero-order valence-corrected chi connectivity index (χ0v) is 8.89. The van der Waals surface area contributed by atoms with Crippen LogP contribution in [0.25, 0.3) is 0 Å². The highest BCUT2D eigenvalue weighted by Crippen LogP contribution is 2.16. The van der Waals surface area contributed by atoms with Crippen molar-refractivity contribution in [2.45, 2.75) is 38.3 Å². The summed E-state index contributed by atoms with van der Waals surface area (Å²) in [5, 5.41) is 9.37. The monoisotopic (exact) mass is 202 g/mol. The molecule has 1 saturated heterocycles. The highest BCUT2D eigenvalue weighted by molar-refractivity contribution is 7.80. The summed E-state index contributed by atoms with van der Waals surface area (Å²) < 4.78 is 0. The highest BCUT2D eigenvalue weighted by Gasteiger charge is 2.25. The molecule has 1 fully saturated rings. The molecule has 0 aromatic carbocycles. The lowest BCUT2D eigenvalue weighted by molar-refractivity contribution is 0.158. The molecular formula is C9H18N2OS. The van der Waals surface area contributed by atoms with Gasteiger partial charge in [0.05, 0.1) is 11.1 Å². The molecule has 0 amide bonds. The molecule has 0 aromatic rings. The molecule has 0 radical (unpaired) electrons. The Labute approximate surface area is 84.9 Å². The Bertz CT molecular complexity index is 186. The average Bonchev–Trinajstić information content (AvgIpc) is 2.47. The Morgan fingerprint density at radius 1 is 1.77 bits per heavy atom. The molecule has 0 aliphatic carbocycles. The molecule has 1 aliphatic heterocycles. The third kappa shape index (κ3) is 3.21. The average molecular weight is 202 g/mol. The van der Waals surface area contributed by atoms with Gasteiger partial charge in [0.1, 0.15) is 0 Å². The second-order valence-electron chi connectivity index (χ2n) is 3.67. The SMILES string of the molecule is CCC(CC(N)=S)N1CCC(O)C1. The number of aliphatic hydroxyl groups is 1. The summed E-state index contributed by atoms with van der Waals surface area (Å²) in [6.07, 6.45) is 2.55. The third-order valence-electron chi connectivity index (χ3n) is 2.62. The smallest absolute Gasteiger partial charge is 0.0743 e. The van der Waals surface area contributed by atoms with Crippen LogP contribution < -0.4 is 5.73 Å². The van der Waals surface area contributed by atoms with Crippen LogP contribution in [0.4, 0.5) is 0 Å². The van der Waals surface area contributed by atoms with Crippen LogP contribution in [0, 0.1) is 0 Å². The number of nitrogens with zero attached hydrogens (tertiary/aromatic N) is 1. The minimum Gasteiger partial charge on any atom is -0.393 e. The number of aliphatic hydroxyl groups excluding tert-OH is 1. The van der Waals surface area contributed by atoms with Gasteiger partial charge in [-0.05, 0) is 12.8 Å². The Kier molecular flexibility index (Phi) is 4.09. The summed E-state index contributed by atoms with van der Waals surface area (Å²) in [5.41, 5.74) is 5.51. The van der Waals surface area contributed by atoms with Gasteiger partial charge < -0.3 is 10.8 Å². The molecule has 0 spiro atoms. The van der Waals surface area contributed by atoms with Crippen molar-refractivity contribution in [2.24, 2.45) is 5.73 Å². The third-order valence-corrected chi connectivity index (χ3v) is 2.79. The predicted octanol–water partition coefficient (Wildman–Crippen LogP) is 0.508. The van der Waals surface area contributed by atoms with E-state index in [1.807, 2.05) is 0 Å². The van der Waals surface area contributed by atoms with Gasteiger partial charge in [-0.3, -0.25) is 4.90 Å². The van der Waals surface area contributed by atoms with Gasteiger partial charge in [0, 0.05) is 25.6 Å². The van der Waals surface area contributed by atoms with Crippen molar-refractivity contribution < 1.29 is 5.11 Å². The van der Waals surface area contributed by atoms with Crippen LogP contribution in [0.1, 0.15) is 26.2 Å². The summed E-state index contributed by atoms with van der Waals surface area (Å²) in [5.74, 6) is 0. The first-order chi connectivity index (χ1) is 6.13. The van der Waals surface area contributed by atoms with E-state index in [4.69, 9.17) is 18.0 Å². The van der Waals surface area contributed by atoms with E-state index in [9.17, 15) is 5.11 Å². The van der Waals surface area contributed by atoms with Crippen LogP contribution >= 0.6 is 12.2 Å². The van der Waals surface area contributed by atoms with Crippen LogP contribution in [0.5, 0.6) is 0 Å². The normalized spacial score (nSPS) is 26.2. The second kappa shape index (κ2) is 4.88. The molecule has 3 N–H and O–H groups in total. The topological polar surface area (TPSA) is 49.5 Å². The standard InChI is InChI=1S/C9H18N2OS/c1-2-7(5-9(10)13)11-4-3-8(12)6-11/h7-8,12H,2-6H2,1H3,(H2,10,13). The summed E-state index contributed by atoms with van der Waals surface area (Å²) in [7, 11) is 0. The van der Waals surface area contributed by atoms with Crippen LogP contribution in [-0.4, -0.2) is 40.2 Å². The number of rotatable bonds is 4. The molecule has 4 heteroatoms. The molecule has 0 bridgehead atoms. The Hall–Kier alpha value is -0.190. The minimum atomic E-state index is -0.152. The molecule has 1 heterocycles. The predicted molar refractivity (Wildman–Crippen MR) is 57.7 cm³/mol. The lowest BCUT2D eigenvalue weighted by atomic mass is 10.1. The molecule has 2 atom stereocenters. The number of hydrogen-bond acceptors (Lipinski definition) is 3. The van der Waals surface area contributed by atoms with Gasteiger partial charge in [-0.25, -0.2) is 0 Å². The largest absolute Gasteiger partial charge is 0.393 e. The number of nitrogens with two attached hydrogens (primary N) is 1. The molecule has 1 aliphatic rings.